The van der Waals surface area contributed by atoms with Gasteiger partial charge in [0.15, 0.2) is 17.5 Å². The van der Waals surface area contributed by atoms with Crippen LogP contribution in [0.25, 0.3) is 119 Å². The lowest BCUT2D eigenvalue weighted by Gasteiger charge is -2.11. The molecule has 0 aliphatic rings. The summed E-state index contributed by atoms with van der Waals surface area (Å²) in [6.45, 7) is 0. The number of hydrogen-bond acceptors (Lipinski definition) is 6. The number of rotatable bonds is 6. The first-order valence-electron chi connectivity index (χ1n) is 20.0. The van der Waals surface area contributed by atoms with Gasteiger partial charge in [0.1, 0.15) is 0 Å². The first-order valence-corrected chi connectivity index (χ1v) is 21.6. The van der Waals surface area contributed by atoms with Crippen LogP contribution in [-0.2, 0) is 0 Å². The van der Waals surface area contributed by atoms with E-state index in [1.165, 1.54) is 62.4 Å². The van der Waals surface area contributed by atoms with Gasteiger partial charge in [-0.25, -0.2) is 19.9 Å². The maximum atomic E-state index is 5.51. The predicted molar refractivity (Wildman–Crippen MR) is 254 cm³/mol. The Balaban J connectivity index is 0.984. The van der Waals surface area contributed by atoms with Crippen LogP contribution in [0.15, 0.2) is 194 Å². The van der Waals surface area contributed by atoms with Crippen molar-refractivity contribution in [2.24, 2.45) is 0 Å². The number of nitrogens with zero attached hydrogens (tertiary/aromatic N) is 4. The fraction of sp³-hybridized carbons (Fsp3) is 0. The molecule has 0 unspecified atom stereocenters. The minimum Gasteiger partial charge on any atom is -0.247 e. The molecule has 0 atom stereocenters. The van der Waals surface area contributed by atoms with Crippen molar-refractivity contribution >= 4 is 73.9 Å². The van der Waals surface area contributed by atoms with Crippen LogP contribution >= 0.6 is 22.7 Å². The third-order valence-electron chi connectivity index (χ3n) is 11.4. The highest BCUT2D eigenvalue weighted by atomic mass is 32.1. The van der Waals surface area contributed by atoms with Crippen molar-refractivity contribution in [2.75, 3.05) is 0 Å². The highest BCUT2D eigenvalue weighted by Crippen LogP contribution is 2.45. The Labute approximate surface area is 353 Å². The number of hydrogen-bond donors (Lipinski definition) is 0. The topological polar surface area (TPSA) is 51.6 Å². The van der Waals surface area contributed by atoms with Crippen molar-refractivity contribution in [1.82, 2.24) is 19.9 Å². The highest BCUT2D eigenvalue weighted by molar-refractivity contribution is 7.27. The second-order valence-corrected chi connectivity index (χ2v) is 17.1. The van der Waals surface area contributed by atoms with Crippen LogP contribution in [0.4, 0.5) is 0 Å². The summed E-state index contributed by atoms with van der Waals surface area (Å²) in [5.41, 5.74) is 10.5. The van der Waals surface area contributed by atoms with Gasteiger partial charge in [-0.3, -0.25) is 0 Å². The molecule has 0 saturated carbocycles. The summed E-state index contributed by atoms with van der Waals surface area (Å²) < 4.78 is 5.11. The molecule has 280 valence electrons. The maximum Gasteiger partial charge on any atom is 0.164 e. The molecular formula is C54H32N4S2. The number of thiophene rings is 2. The van der Waals surface area contributed by atoms with E-state index in [1.54, 1.807) is 0 Å². The summed E-state index contributed by atoms with van der Waals surface area (Å²) in [6.07, 6.45) is 0. The van der Waals surface area contributed by atoms with Crippen molar-refractivity contribution in [3.8, 4) is 67.7 Å². The largest absolute Gasteiger partial charge is 0.247 e. The average Bonchev–Trinajstić information content (AvgIpc) is 3.91. The van der Waals surface area contributed by atoms with Gasteiger partial charge in [0, 0.05) is 68.0 Å². The molecule has 4 nitrogen and oxygen atoms in total. The number of fused-ring (bicyclic) bond motifs is 8. The van der Waals surface area contributed by atoms with Crippen molar-refractivity contribution in [3.05, 3.63) is 194 Å². The van der Waals surface area contributed by atoms with Gasteiger partial charge in [-0.05, 0) is 40.5 Å². The molecule has 0 aliphatic carbocycles. The standard InChI is InChI=1S/C54H32N4S2/c1-3-12-33(13-4-1)34-22-26-37(27-23-34)53-56-52(36-14-5-2-6-15-36)57-54(58-53)38-28-24-35(25-29-38)49-48-44-17-8-10-21-47(44)60-51(48)43-31-30-39(32-45(43)55-49)40-18-11-19-42-41-16-7-9-20-46(41)59-50(40)42/h1-32H. The Bertz CT molecular complexity index is 3580. The van der Waals surface area contributed by atoms with E-state index >= 15 is 0 Å². The van der Waals surface area contributed by atoms with Gasteiger partial charge in [-0.15, -0.1) is 22.7 Å². The molecule has 4 heterocycles. The molecule has 4 aromatic heterocycles. The molecule has 6 heteroatoms. The summed E-state index contributed by atoms with van der Waals surface area (Å²) in [7, 11) is 0. The zero-order valence-electron chi connectivity index (χ0n) is 32.1. The van der Waals surface area contributed by atoms with Gasteiger partial charge in [0.05, 0.1) is 11.2 Å². The summed E-state index contributed by atoms with van der Waals surface area (Å²) in [5.74, 6) is 1.89. The van der Waals surface area contributed by atoms with Crippen LogP contribution in [0, 0.1) is 0 Å². The Kier molecular flexibility index (Phi) is 8.18. The molecule has 0 N–H and O–H groups in total. The Hall–Kier alpha value is -7.38. The SMILES string of the molecule is c1ccc(-c2ccc(-c3nc(-c4ccccc4)nc(-c4ccc(-c5nc6cc(-c7cccc8c7sc7ccccc78)ccc6c6sc7ccccc7c56)cc4)n3)cc2)cc1. The third-order valence-corrected chi connectivity index (χ3v) is 13.8. The lowest BCUT2D eigenvalue weighted by molar-refractivity contribution is 1.07. The van der Waals surface area contributed by atoms with E-state index in [4.69, 9.17) is 19.9 Å². The zero-order valence-corrected chi connectivity index (χ0v) is 33.7. The van der Waals surface area contributed by atoms with Crippen LogP contribution in [0.2, 0.25) is 0 Å². The summed E-state index contributed by atoms with van der Waals surface area (Å²) in [5, 5.41) is 6.17. The van der Waals surface area contributed by atoms with E-state index in [-0.39, 0.29) is 0 Å². The van der Waals surface area contributed by atoms with Gasteiger partial charge in [0.25, 0.3) is 0 Å². The minimum atomic E-state index is 0.621. The van der Waals surface area contributed by atoms with Crippen molar-refractivity contribution < 1.29 is 0 Å². The number of benzene rings is 8. The molecule has 12 aromatic rings. The first-order chi connectivity index (χ1) is 29.7. The third kappa shape index (κ3) is 5.88. The Morgan fingerprint density at radius 3 is 1.47 bits per heavy atom. The summed E-state index contributed by atoms with van der Waals surface area (Å²) in [6, 6.07) is 68.4. The van der Waals surface area contributed by atoms with Crippen LogP contribution in [0.1, 0.15) is 0 Å². The normalized spacial score (nSPS) is 11.7. The second kappa shape index (κ2) is 14.2. The van der Waals surface area contributed by atoms with E-state index in [9.17, 15) is 0 Å². The maximum absolute atomic E-state index is 5.51. The molecule has 0 aliphatic heterocycles. The van der Waals surface area contributed by atoms with Crippen molar-refractivity contribution in [2.45, 2.75) is 0 Å². The predicted octanol–water partition coefficient (Wildman–Crippen LogP) is 15.2. The monoisotopic (exact) mass is 800 g/mol. The van der Waals surface area contributed by atoms with Crippen LogP contribution in [0.3, 0.4) is 0 Å². The summed E-state index contributed by atoms with van der Waals surface area (Å²) >= 11 is 3.70. The minimum absolute atomic E-state index is 0.621. The van der Waals surface area contributed by atoms with Crippen molar-refractivity contribution in [1.29, 1.82) is 0 Å². The Morgan fingerprint density at radius 1 is 0.300 bits per heavy atom. The smallest absolute Gasteiger partial charge is 0.164 e. The van der Waals surface area contributed by atoms with Gasteiger partial charge in [-0.1, -0.05) is 176 Å². The molecule has 0 fully saturated rings. The van der Waals surface area contributed by atoms with E-state index < -0.39 is 0 Å². The lowest BCUT2D eigenvalue weighted by Crippen LogP contribution is -2.00. The van der Waals surface area contributed by atoms with E-state index in [0.29, 0.717) is 17.5 Å². The number of pyridine rings is 1. The molecule has 12 rings (SSSR count). The van der Waals surface area contributed by atoms with E-state index in [2.05, 4.69) is 158 Å². The average molecular weight is 801 g/mol. The van der Waals surface area contributed by atoms with E-state index in [0.717, 1.165) is 39.0 Å². The van der Waals surface area contributed by atoms with Crippen molar-refractivity contribution in [3.63, 3.8) is 0 Å². The molecule has 0 bridgehead atoms. The van der Waals surface area contributed by atoms with Gasteiger partial charge < -0.3 is 0 Å². The van der Waals surface area contributed by atoms with Gasteiger partial charge >= 0.3 is 0 Å². The molecule has 0 radical (unpaired) electrons. The first kappa shape index (κ1) is 34.6. The van der Waals surface area contributed by atoms with Crippen LogP contribution < -0.4 is 0 Å². The zero-order chi connectivity index (χ0) is 39.6. The van der Waals surface area contributed by atoms with Gasteiger partial charge in [-0.2, -0.15) is 0 Å². The van der Waals surface area contributed by atoms with Crippen LogP contribution in [-0.4, -0.2) is 19.9 Å². The van der Waals surface area contributed by atoms with E-state index in [1.807, 2.05) is 59.1 Å². The molecule has 8 aromatic carbocycles. The summed E-state index contributed by atoms with van der Waals surface area (Å²) in [4.78, 5) is 20.6. The second-order valence-electron chi connectivity index (χ2n) is 15.0. The van der Waals surface area contributed by atoms with Gasteiger partial charge in [0.2, 0.25) is 0 Å². The molecule has 0 saturated heterocycles. The number of aromatic nitrogens is 4. The fourth-order valence-corrected chi connectivity index (χ4v) is 10.9. The molecule has 0 amide bonds. The highest BCUT2D eigenvalue weighted by Gasteiger charge is 2.19. The van der Waals surface area contributed by atoms with Crippen LogP contribution in [0.5, 0.6) is 0 Å². The molecule has 0 spiro atoms. The molecule has 60 heavy (non-hydrogen) atoms. The molecular weight excluding hydrogens is 769 g/mol. The quantitative estimate of drug-likeness (QED) is 0.168. The lowest BCUT2D eigenvalue weighted by atomic mass is 9.98. The Morgan fingerprint density at radius 2 is 0.783 bits per heavy atom. The fourth-order valence-electron chi connectivity index (χ4n) is 8.38.